The van der Waals surface area contributed by atoms with Crippen LogP contribution < -0.4 is 0 Å². The minimum absolute atomic E-state index is 0.0202. The number of cyclic esters (lactones) is 1. The van der Waals surface area contributed by atoms with E-state index in [0.29, 0.717) is 37.1 Å². The van der Waals surface area contributed by atoms with Crippen LogP contribution in [0.1, 0.15) is 46.5 Å². The molecular weight excluding hydrogens is 228 g/mol. The Labute approximate surface area is 108 Å². The Hall–Kier alpha value is -0.860. The molecule has 0 aromatic carbocycles. The van der Waals surface area contributed by atoms with Gasteiger partial charge >= 0.3 is 5.97 Å². The van der Waals surface area contributed by atoms with Gasteiger partial charge in [0, 0.05) is 17.8 Å². The van der Waals surface area contributed by atoms with Gasteiger partial charge in [0.15, 0.2) is 0 Å². The molecule has 3 heteroatoms. The summed E-state index contributed by atoms with van der Waals surface area (Å²) in [6.07, 6.45) is 3.33. The summed E-state index contributed by atoms with van der Waals surface area (Å²) < 4.78 is 5.43. The van der Waals surface area contributed by atoms with E-state index in [1.165, 1.54) is 0 Å². The number of esters is 1. The first-order valence-corrected chi connectivity index (χ1v) is 7.08. The fourth-order valence-electron chi connectivity index (χ4n) is 4.91. The molecular formula is C15H22O3. The van der Waals surface area contributed by atoms with Crippen molar-refractivity contribution in [1.82, 2.24) is 0 Å². The summed E-state index contributed by atoms with van der Waals surface area (Å²) in [5, 5.41) is 0. The standard InChI is InChI=1S/C15H22O3/c1-9-4-5-12-14(3)8-18-13(17)7-15(9,12)6-11(16)10(14)2/h9-10,12H,4-8H2,1-3H3/t9-,10-,12+,14-,15?/m1/s1. The van der Waals surface area contributed by atoms with E-state index in [2.05, 4.69) is 13.8 Å². The smallest absolute Gasteiger partial charge is 0.306 e. The van der Waals surface area contributed by atoms with Crippen molar-refractivity contribution >= 4 is 11.8 Å². The highest BCUT2D eigenvalue weighted by Crippen LogP contribution is 2.65. The van der Waals surface area contributed by atoms with Crippen molar-refractivity contribution in [1.29, 1.82) is 0 Å². The van der Waals surface area contributed by atoms with Gasteiger partial charge in [0.05, 0.1) is 13.0 Å². The van der Waals surface area contributed by atoms with Gasteiger partial charge in [-0.05, 0) is 30.1 Å². The van der Waals surface area contributed by atoms with E-state index in [1.807, 2.05) is 6.92 Å². The molecule has 3 fully saturated rings. The van der Waals surface area contributed by atoms with Gasteiger partial charge in [-0.2, -0.15) is 0 Å². The number of ketones is 1. The average molecular weight is 250 g/mol. The fourth-order valence-corrected chi connectivity index (χ4v) is 4.91. The summed E-state index contributed by atoms with van der Waals surface area (Å²) in [6.45, 7) is 6.82. The molecule has 3 aliphatic rings. The van der Waals surface area contributed by atoms with Crippen LogP contribution in [-0.4, -0.2) is 18.4 Å². The molecule has 1 unspecified atom stereocenters. The van der Waals surface area contributed by atoms with E-state index in [-0.39, 0.29) is 22.7 Å². The largest absolute Gasteiger partial charge is 0.465 e. The van der Waals surface area contributed by atoms with Crippen LogP contribution in [-0.2, 0) is 14.3 Å². The third-order valence-electron chi connectivity index (χ3n) is 6.35. The molecule has 2 aliphatic carbocycles. The molecule has 100 valence electrons. The second-order valence-corrected chi connectivity index (χ2v) is 6.97. The second kappa shape index (κ2) is 3.58. The monoisotopic (exact) mass is 250 g/mol. The lowest BCUT2D eigenvalue weighted by atomic mass is 9.50. The van der Waals surface area contributed by atoms with E-state index in [9.17, 15) is 9.59 Å². The SMILES string of the molecule is C[C@@H]1CC[C@@H]2C13CC(=O)OC[C@]2(C)[C@H](C)C(=O)C3. The number of hydrogen-bond acceptors (Lipinski definition) is 3. The Morgan fingerprint density at radius 3 is 2.61 bits per heavy atom. The average Bonchev–Trinajstić information content (AvgIpc) is 2.58. The predicted molar refractivity (Wildman–Crippen MR) is 66.8 cm³/mol. The van der Waals surface area contributed by atoms with E-state index in [4.69, 9.17) is 4.74 Å². The lowest BCUT2D eigenvalue weighted by molar-refractivity contribution is -0.148. The normalized spacial score (nSPS) is 51.6. The molecule has 2 bridgehead atoms. The summed E-state index contributed by atoms with van der Waals surface area (Å²) in [5.74, 6) is 1.19. The van der Waals surface area contributed by atoms with Crippen LogP contribution in [0.5, 0.6) is 0 Å². The molecule has 3 rings (SSSR count). The van der Waals surface area contributed by atoms with Crippen molar-refractivity contribution in [3.05, 3.63) is 0 Å². The Kier molecular flexibility index (Phi) is 2.43. The molecule has 2 saturated carbocycles. The Morgan fingerprint density at radius 2 is 1.89 bits per heavy atom. The third-order valence-corrected chi connectivity index (χ3v) is 6.35. The molecule has 0 N–H and O–H groups in total. The third kappa shape index (κ3) is 1.31. The van der Waals surface area contributed by atoms with Crippen molar-refractivity contribution in [3.63, 3.8) is 0 Å². The minimum atomic E-state index is -0.147. The Morgan fingerprint density at radius 1 is 1.17 bits per heavy atom. The van der Waals surface area contributed by atoms with Crippen molar-refractivity contribution in [2.75, 3.05) is 6.61 Å². The van der Waals surface area contributed by atoms with Crippen LogP contribution in [0, 0.1) is 28.6 Å². The van der Waals surface area contributed by atoms with Gasteiger partial charge in [-0.1, -0.05) is 20.8 Å². The number of hydrogen-bond donors (Lipinski definition) is 0. The lowest BCUT2D eigenvalue weighted by Crippen LogP contribution is -2.53. The molecule has 0 radical (unpaired) electrons. The molecule has 1 heterocycles. The number of ether oxygens (including phenoxy) is 1. The molecule has 3 nitrogen and oxygen atoms in total. The minimum Gasteiger partial charge on any atom is -0.465 e. The lowest BCUT2D eigenvalue weighted by Gasteiger charge is -2.51. The van der Waals surface area contributed by atoms with Gasteiger partial charge in [0.2, 0.25) is 0 Å². The maximum absolute atomic E-state index is 12.4. The molecule has 0 amide bonds. The maximum Gasteiger partial charge on any atom is 0.306 e. The summed E-state index contributed by atoms with van der Waals surface area (Å²) >= 11 is 0. The zero-order valence-electron chi connectivity index (χ0n) is 11.5. The number of Topliss-reactive ketones (excluding diaryl/α,β-unsaturated/α-hetero) is 1. The van der Waals surface area contributed by atoms with Crippen molar-refractivity contribution in [2.24, 2.45) is 28.6 Å². The van der Waals surface area contributed by atoms with Gasteiger partial charge in [0.25, 0.3) is 0 Å². The molecule has 0 aromatic rings. The first kappa shape index (κ1) is 12.2. The molecule has 5 atom stereocenters. The number of rotatable bonds is 0. The van der Waals surface area contributed by atoms with Crippen LogP contribution in [0.3, 0.4) is 0 Å². The second-order valence-electron chi connectivity index (χ2n) is 6.97. The van der Waals surface area contributed by atoms with Gasteiger partial charge in [-0.25, -0.2) is 0 Å². The molecule has 1 saturated heterocycles. The van der Waals surface area contributed by atoms with E-state index < -0.39 is 0 Å². The maximum atomic E-state index is 12.4. The number of carbonyl (C=O) groups excluding carboxylic acids is 2. The highest BCUT2D eigenvalue weighted by Gasteiger charge is 2.64. The first-order chi connectivity index (χ1) is 8.40. The van der Waals surface area contributed by atoms with Crippen molar-refractivity contribution in [3.8, 4) is 0 Å². The molecule has 18 heavy (non-hydrogen) atoms. The van der Waals surface area contributed by atoms with Crippen LogP contribution in [0.2, 0.25) is 0 Å². The van der Waals surface area contributed by atoms with Gasteiger partial charge in [-0.3, -0.25) is 9.59 Å². The highest BCUT2D eigenvalue weighted by molar-refractivity contribution is 5.85. The summed E-state index contributed by atoms with van der Waals surface area (Å²) in [6, 6.07) is 0. The summed E-state index contributed by atoms with van der Waals surface area (Å²) in [5.41, 5.74) is -0.252. The van der Waals surface area contributed by atoms with Gasteiger partial charge in [-0.15, -0.1) is 0 Å². The van der Waals surface area contributed by atoms with Crippen molar-refractivity contribution < 1.29 is 14.3 Å². The Balaban J connectivity index is 2.14. The highest BCUT2D eigenvalue weighted by atomic mass is 16.5. The topological polar surface area (TPSA) is 43.4 Å². The molecule has 0 spiro atoms. The van der Waals surface area contributed by atoms with Gasteiger partial charge < -0.3 is 4.74 Å². The Bertz CT molecular complexity index is 416. The van der Waals surface area contributed by atoms with Gasteiger partial charge in [0.1, 0.15) is 5.78 Å². The first-order valence-electron chi connectivity index (χ1n) is 7.08. The predicted octanol–water partition coefficient (Wildman–Crippen LogP) is 2.58. The van der Waals surface area contributed by atoms with E-state index in [0.717, 1.165) is 12.8 Å². The molecule has 1 aliphatic heterocycles. The van der Waals surface area contributed by atoms with Crippen LogP contribution in [0.4, 0.5) is 0 Å². The zero-order chi connectivity index (χ0) is 13.1. The molecule has 0 aromatic heterocycles. The summed E-state index contributed by atoms with van der Waals surface area (Å²) in [7, 11) is 0. The van der Waals surface area contributed by atoms with Crippen molar-refractivity contribution in [2.45, 2.75) is 46.5 Å². The quantitative estimate of drug-likeness (QED) is 0.621. The summed E-state index contributed by atoms with van der Waals surface area (Å²) in [4.78, 5) is 24.3. The number of carbonyl (C=O) groups is 2. The fraction of sp³-hybridized carbons (Fsp3) is 0.867. The zero-order valence-corrected chi connectivity index (χ0v) is 11.5. The van der Waals surface area contributed by atoms with Crippen LogP contribution in [0.25, 0.3) is 0 Å². The van der Waals surface area contributed by atoms with Crippen LogP contribution in [0.15, 0.2) is 0 Å². The van der Waals surface area contributed by atoms with E-state index >= 15 is 0 Å². The van der Waals surface area contributed by atoms with Crippen LogP contribution >= 0.6 is 0 Å². The van der Waals surface area contributed by atoms with E-state index in [1.54, 1.807) is 0 Å².